The lowest BCUT2D eigenvalue weighted by atomic mass is 9.82. The van der Waals surface area contributed by atoms with E-state index in [4.69, 9.17) is 4.74 Å². The lowest BCUT2D eigenvalue weighted by Crippen LogP contribution is -2.40. The third-order valence-corrected chi connectivity index (χ3v) is 5.67. The fourth-order valence-electron chi connectivity index (χ4n) is 3.55. The summed E-state index contributed by atoms with van der Waals surface area (Å²) in [5, 5.41) is 3.52. The van der Waals surface area contributed by atoms with Gasteiger partial charge in [0.2, 0.25) is 0 Å². The van der Waals surface area contributed by atoms with E-state index in [0.717, 1.165) is 6.61 Å². The van der Waals surface area contributed by atoms with E-state index in [9.17, 15) is 0 Å². The standard InChI is InChI=1S/C15H25NOS/c1-2-13(3-8-16-7-1)14-4-9-17-15(12-14)5-10-18-11-6-15/h16H,1-12H2. The van der Waals surface area contributed by atoms with Crippen molar-refractivity contribution in [2.45, 2.75) is 50.5 Å². The van der Waals surface area contributed by atoms with Crippen molar-refractivity contribution >= 4 is 11.8 Å². The zero-order valence-electron chi connectivity index (χ0n) is 11.3. The monoisotopic (exact) mass is 267 g/mol. The summed E-state index contributed by atoms with van der Waals surface area (Å²) in [4.78, 5) is 0. The Bertz CT molecular complexity index is 305. The fourth-order valence-corrected chi connectivity index (χ4v) is 4.79. The van der Waals surface area contributed by atoms with Gasteiger partial charge in [-0.1, -0.05) is 11.1 Å². The molecule has 3 heteroatoms. The number of thioether (sulfide) groups is 1. The number of ether oxygens (including phenoxy) is 1. The lowest BCUT2D eigenvalue weighted by Gasteiger charge is -2.42. The topological polar surface area (TPSA) is 21.3 Å². The molecule has 0 amide bonds. The molecule has 2 nitrogen and oxygen atoms in total. The van der Waals surface area contributed by atoms with Crippen LogP contribution in [0, 0.1) is 0 Å². The molecule has 102 valence electrons. The summed E-state index contributed by atoms with van der Waals surface area (Å²) < 4.78 is 6.20. The van der Waals surface area contributed by atoms with E-state index >= 15 is 0 Å². The molecule has 3 heterocycles. The van der Waals surface area contributed by atoms with Crippen molar-refractivity contribution in [1.82, 2.24) is 5.32 Å². The average molecular weight is 267 g/mol. The predicted octanol–water partition coefficient (Wildman–Crippen LogP) is 3.13. The smallest absolute Gasteiger partial charge is 0.0735 e. The van der Waals surface area contributed by atoms with Crippen molar-refractivity contribution in [3.8, 4) is 0 Å². The van der Waals surface area contributed by atoms with E-state index in [0.29, 0.717) is 0 Å². The largest absolute Gasteiger partial charge is 0.374 e. The van der Waals surface area contributed by atoms with Gasteiger partial charge in [0.15, 0.2) is 0 Å². The van der Waals surface area contributed by atoms with Crippen molar-refractivity contribution in [1.29, 1.82) is 0 Å². The molecule has 0 aromatic rings. The molecule has 3 aliphatic rings. The van der Waals surface area contributed by atoms with E-state index in [-0.39, 0.29) is 5.60 Å². The van der Waals surface area contributed by atoms with Gasteiger partial charge in [-0.2, -0.15) is 11.8 Å². The molecule has 0 aliphatic carbocycles. The molecule has 18 heavy (non-hydrogen) atoms. The van der Waals surface area contributed by atoms with Crippen LogP contribution in [-0.2, 0) is 4.74 Å². The Labute approximate surface area is 115 Å². The molecule has 0 unspecified atom stereocenters. The van der Waals surface area contributed by atoms with Crippen LogP contribution in [-0.4, -0.2) is 36.8 Å². The number of hydrogen-bond acceptors (Lipinski definition) is 3. The summed E-state index contributed by atoms with van der Waals surface area (Å²) in [5.74, 6) is 2.59. The third-order valence-electron chi connectivity index (χ3n) is 4.69. The summed E-state index contributed by atoms with van der Waals surface area (Å²) >= 11 is 2.10. The van der Waals surface area contributed by atoms with E-state index in [1.54, 1.807) is 11.1 Å². The summed E-state index contributed by atoms with van der Waals surface area (Å²) in [5.41, 5.74) is 3.75. The van der Waals surface area contributed by atoms with Crippen molar-refractivity contribution in [3.05, 3.63) is 11.1 Å². The molecule has 0 saturated carbocycles. The number of rotatable bonds is 0. The van der Waals surface area contributed by atoms with Crippen molar-refractivity contribution in [2.75, 3.05) is 31.2 Å². The van der Waals surface area contributed by atoms with Crippen LogP contribution in [0.1, 0.15) is 44.9 Å². The molecular formula is C15H25NOS. The molecule has 1 spiro atoms. The summed E-state index contributed by atoms with van der Waals surface area (Å²) in [6.07, 6.45) is 8.91. The Morgan fingerprint density at radius 2 is 1.89 bits per heavy atom. The van der Waals surface area contributed by atoms with Crippen molar-refractivity contribution in [3.63, 3.8) is 0 Å². The van der Waals surface area contributed by atoms with Crippen LogP contribution in [0.5, 0.6) is 0 Å². The highest BCUT2D eigenvalue weighted by molar-refractivity contribution is 7.99. The second-order valence-corrected chi connectivity index (χ2v) is 7.11. The Kier molecular flexibility index (Phi) is 4.32. The minimum Gasteiger partial charge on any atom is -0.374 e. The highest BCUT2D eigenvalue weighted by Gasteiger charge is 2.37. The fraction of sp³-hybridized carbons (Fsp3) is 0.867. The molecule has 1 N–H and O–H groups in total. The highest BCUT2D eigenvalue weighted by Crippen LogP contribution is 2.41. The van der Waals surface area contributed by atoms with Gasteiger partial charge in [-0.25, -0.2) is 0 Å². The van der Waals surface area contributed by atoms with Crippen LogP contribution in [0.3, 0.4) is 0 Å². The van der Waals surface area contributed by atoms with E-state index in [1.807, 2.05) is 0 Å². The molecule has 3 saturated heterocycles. The Balaban J connectivity index is 1.73. The molecule has 3 aliphatic heterocycles. The van der Waals surface area contributed by atoms with Crippen LogP contribution >= 0.6 is 11.8 Å². The van der Waals surface area contributed by atoms with Gasteiger partial charge in [0.05, 0.1) is 12.2 Å². The van der Waals surface area contributed by atoms with Gasteiger partial charge in [0.25, 0.3) is 0 Å². The van der Waals surface area contributed by atoms with Gasteiger partial charge in [-0.15, -0.1) is 0 Å². The average Bonchev–Trinajstić information content (AvgIpc) is 2.68. The Hall–Kier alpha value is 0.01000. The first-order valence-electron chi connectivity index (χ1n) is 7.50. The Morgan fingerprint density at radius 3 is 2.78 bits per heavy atom. The van der Waals surface area contributed by atoms with Crippen LogP contribution in [0.25, 0.3) is 0 Å². The van der Waals surface area contributed by atoms with Gasteiger partial charge < -0.3 is 10.1 Å². The second kappa shape index (κ2) is 5.98. The van der Waals surface area contributed by atoms with Gasteiger partial charge >= 0.3 is 0 Å². The summed E-state index contributed by atoms with van der Waals surface area (Å²) in [6.45, 7) is 3.36. The molecule has 0 radical (unpaired) electrons. The van der Waals surface area contributed by atoms with Gasteiger partial charge in [0.1, 0.15) is 0 Å². The SMILES string of the molecule is C1CNCCC(=C2CCOC3(CCSCC3)C2)C1. The zero-order chi connectivity index (χ0) is 12.3. The Morgan fingerprint density at radius 1 is 1.00 bits per heavy atom. The van der Waals surface area contributed by atoms with E-state index in [2.05, 4.69) is 17.1 Å². The van der Waals surface area contributed by atoms with Gasteiger partial charge in [-0.3, -0.25) is 0 Å². The molecule has 3 rings (SSSR count). The molecular weight excluding hydrogens is 242 g/mol. The second-order valence-electron chi connectivity index (χ2n) is 5.88. The molecule has 3 fully saturated rings. The quantitative estimate of drug-likeness (QED) is 0.681. The number of nitrogens with one attached hydrogen (secondary N) is 1. The van der Waals surface area contributed by atoms with Crippen LogP contribution < -0.4 is 5.32 Å². The highest BCUT2D eigenvalue weighted by atomic mass is 32.2. The van der Waals surface area contributed by atoms with E-state index < -0.39 is 0 Å². The normalized spacial score (nSPS) is 33.3. The van der Waals surface area contributed by atoms with Gasteiger partial charge in [-0.05, 0) is 69.5 Å². The van der Waals surface area contributed by atoms with Crippen LogP contribution in [0.2, 0.25) is 0 Å². The summed E-state index contributed by atoms with van der Waals surface area (Å²) in [6, 6.07) is 0. The number of hydrogen-bond donors (Lipinski definition) is 1. The molecule has 0 atom stereocenters. The maximum atomic E-state index is 6.20. The summed E-state index contributed by atoms with van der Waals surface area (Å²) in [7, 11) is 0. The van der Waals surface area contributed by atoms with E-state index in [1.165, 1.54) is 69.5 Å². The molecule has 0 aromatic carbocycles. The maximum Gasteiger partial charge on any atom is 0.0735 e. The first kappa shape index (κ1) is 13.0. The third kappa shape index (κ3) is 2.94. The van der Waals surface area contributed by atoms with Gasteiger partial charge in [0, 0.05) is 0 Å². The maximum absolute atomic E-state index is 6.20. The van der Waals surface area contributed by atoms with Crippen molar-refractivity contribution < 1.29 is 4.74 Å². The molecule has 0 bridgehead atoms. The first-order chi connectivity index (χ1) is 8.88. The van der Waals surface area contributed by atoms with Crippen LogP contribution in [0.15, 0.2) is 11.1 Å². The lowest BCUT2D eigenvalue weighted by molar-refractivity contribution is -0.0669. The molecule has 0 aromatic heterocycles. The minimum atomic E-state index is 0.228. The van der Waals surface area contributed by atoms with Crippen LogP contribution in [0.4, 0.5) is 0 Å². The minimum absolute atomic E-state index is 0.228. The predicted molar refractivity (Wildman–Crippen MR) is 78.2 cm³/mol. The zero-order valence-corrected chi connectivity index (χ0v) is 12.1. The first-order valence-corrected chi connectivity index (χ1v) is 8.66. The van der Waals surface area contributed by atoms with Crippen molar-refractivity contribution in [2.24, 2.45) is 0 Å².